The standard InChI is InChI=1S/C13H20BrN3S/c1-15-13(17-11-5-3-2-4-6-11)16-8-12-7-10(14)9-18-12/h7,9,11H,2-6,8H2,1H3,(H2,15,16,17). The smallest absolute Gasteiger partial charge is 0.191 e. The van der Waals surface area contributed by atoms with Crippen molar-refractivity contribution in [2.75, 3.05) is 7.05 Å². The molecular weight excluding hydrogens is 310 g/mol. The summed E-state index contributed by atoms with van der Waals surface area (Å²) in [5.41, 5.74) is 0. The molecule has 1 aromatic heterocycles. The van der Waals surface area contributed by atoms with Crippen molar-refractivity contribution in [1.82, 2.24) is 10.6 Å². The Morgan fingerprint density at radius 2 is 2.22 bits per heavy atom. The van der Waals surface area contributed by atoms with Crippen LogP contribution in [0.1, 0.15) is 37.0 Å². The second-order valence-corrected chi connectivity index (χ2v) is 6.55. The highest BCUT2D eigenvalue weighted by Crippen LogP contribution is 2.19. The monoisotopic (exact) mass is 329 g/mol. The van der Waals surface area contributed by atoms with Gasteiger partial charge in [0.25, 0.3) is 0 Å². The largest absolute Gasteiger partial charge is 0.354 e. The summed E-state index contributed by atoms with van der Waals surface area (Å²) < 4.78 is 1.15. The Morgan fingerprint density at radius 3 is 2.83 bits per heavy atom. The maximum absolute atomic E-state index is 4.29. The summed E-state index contributed by atoms with van der Waals surface area (Å²) in [6, 6.07) is 2.74. The fourth-order valence-electron chi connectivity index (χ4n) is 2.25. The molecule has 0 amide bonds. The molecule has 100 valence electrons. The van der Waals surface area contributed by atoms with E-state index in [2.05, 4.69) is 43.0 Å². The lowest BCUT2D eigenvalue weighted by atomic mass is 9.96. The second kappa shape index (κ2) is 7.14. The predicted molar refractivity (Wildman–Crippen MR) is 82.2 cm³/mol. The molecular formula is C13H20BrN3S. The Labute approximate surface area is 121 Å². The Balaban J connectivity index is 1.78. The molecule has 2 rings (SSSR count). The summed E-state index contributed by atoms with van der Waals surface area (Å²) in [6.07, 6.45) is 6.60. The Bertz CT molecular complexity index is 397. The minimum Gasteiger partial charge on any atom is -0.354 e. The Hall–Kier alpha value is -0.550. The van der Waals surface area contributed by atoms with Crippen LogP contribution in [0, 0.1) is 0 Å². The molecule has 0 unspecified atom stereocenters. The van der Waals surface area contributed by atoms with Gasteiger partial charge in [-0.2, -0.15) is 0 Å². The third-order valence-corrected chi connectivity index (χ3v) is 4.92. The SMILES string of the molecule is CN=C(NCc1cc(Br)cs1)NC1CCCCC1. The van der Waals surface area contributed by atoms with Crippen LogP contribution in [0.4, 0.5) is 0 Å². The second-order valence-electron chi connectivity index (χ2n) is 4.64. The van der Waals surface area contributed by atoms with Gasteiger partial charge in [0, 0.05) is 27.8 Å². The van der Waals surface area contributed by atoms with E-state index in [0.29, 0.717) is 6.04 Å². The van der Waals surface area contributed by atoms with Gasteiger partial charge in [0.2, 0.25) is 0 Å². The van der Waals surface area contributed by atoms with Crippen molar-refractivity contribution in [3.63, 3.8) is 0 Å². The number of guanidine groups is 1. The number of halogens is 1. The molecule has 1 fully saturated rings. The number of rotatable bonds is 3. The summed E-state index contributed by atoms with van der Waals surface area (Å²) in [5, 5.41) is 8.99. The van der Waals surface area contributed by atoms with Crippen LogP contribution < -0.4 is 10.6 Å². The third kappa shape index (κ3) is 4.28. The van der Waals surface area contributed by atoms with Gasteiger partial charge in [0.1, 0.15) is 0 Å². The highest BCUT2D eigenvalue weighted by Gasteiger charge is 2.14. The average Bonchev–Trinajstić information content (AvgIpc) is 2.81. The van der Waals surface area contributed by atoms with Crippen molar-refractivity contribution in [3.8, 4) is 0 Å². The average molecular weight is 330 g/mol. The molecule has 1 aromatic rings. The zero-order valence-corrected chi connectivity index (χ0v) is 13.1. The number of nitrogens with zero attached hydrogens (tertiary/aromatic N) is 1. The van der Waals surface area contributed by atoms with E-state index in [1.165, 1.54) is 37.0 Å². The van der Waals surface area contributed by atoms with Crippen LogP contribution in [0.15, 0.2) is 20.9 Å². The highest BCUT2D eigenvalue weighted by atomic mass is 79.9. The van der Waals surface area contributed by atoms with Crippen molar-refractivity contribution in [2.45, 2.75) is 44.7 Å². The zero-order chi connectivity index (χ0) is 12.8. The fraction of sp³-hybridized carbons (Fsp3) is 0.615. The normalized spacial score (nSPS) is 17.8. The Kier molecular flexibility index (Phi) is 5.50. The van der Waals surface area contributed by atoms with Crippen LogP contribution in [-0.4, -0.2) is 19.0 Å². The molecule has 0 bridgehead atoms. The lowest BCUT2D eigenvalue weighted by molar-refractivity contribution is 0.410. The minimum atomic E-state index is 0.597. The molecule has 1 heterocycles. The summed E-state index contributed by atoms with van der Waals surface area (Å²) in [5.74, 6) is 0.923. The molecule has 0 radical (unpaired) electrons. The van der Waals surface area contributed by atoms with Gasteiger partial charge >= 0.3 is 0 Å². The van der Waals surface area contributed by atoms with Gasteiger partial charge in [0.15, 0.2) is 5.96 Å². The first-order valence-corrected chi connectivity index (χ1v) is 8.15. The summed E-state index contributed by atoms with van der Waals surface area (Å²) >= 11 is 5.23. The van der Waals surface area contributed by atoms with E-state index in [-0.39, 0.29) is 0 Å². The van der Waals surface area contributed by atoms with Crippen molar-refractivity contribution in [2.24, 2.45) is 4.99 Å². The van der Waals surface area contributed by atoms with Crippen LogP contribution in [0.3, 0.4) is 0 Å². The molecule has 1 saturated carbocycles. The number of nitrogens with one attached hydrogen (secondary N) is 2. The Morgan fingerprint density at radius 1 is 1.44 bits per heavy atom. The van der Waals surface area contributed by atoms with Crippen LogP contribution in [0.25, 0.3) is 0 Å². The van der Waals surface area contributed by atoms with Crippen LogP contribution in [0.5, 0.6) is 0 Å². The molecule has 5 heteroatoms. The maximum atomic E-state index is 4.29. The van der Waals surface area contributed by atoms with E-state index in [1.807, 2.05) is 7.05 Å². The maximum Gasteiger partial charge on any atom is 0.191 e. The van der Waals surface area contributed by atoms with Crippen molar-refractivity contribution in [1.29, 1.82) is 0 Å². The van der Waals surface area contributed by atoms with Gasteiger partial charge in [-0.25, -0.2) is 0 Å². The first kappa shape index (κ1) is 13.9. The molecule has 1 aliphatic rings. The van der Waals surface area contributed by atoms with Gasteiger partial charge in [-0.1, -0.05) is 19.3 Å². The van der Waals surface area contributed by atoms with Gasteiger partial charge in [-0.15, -0.1) is 11.3 Å². The fourth-order valence-corrected chi connectivity index (χ4v) is 3.64. The lowest BCUT2D eigenvalue weighted by Gasteiger charge is -2.24. The number of hydrogen-bond donors (Lipinski definition) is 2. The number of hydrogen-bond acceptors (Lipinski definition) is 2. The molecule has 0 saturated heterocycles. The van der Waals surface area contributed by atoms with Crippen LogP contribution >= 0.6 is 27.3 Å². The van der Waals surface area contributed by atoms with E-state index >= 15 is 0 Å². The van der Waals surface area contributed by atoms with Crippen molar-refractivity contribution in [3.05, 3.63) is 20.8 Å². The molecule has 3 nitrogen and oxygen atoms in total. The summed E-state index contributed by atoms with van der Waals surface area (Å²) in [4.78, 5) is 5.60. The molecule has 0 aromatic carbocycles. The summed E-state index contributed by atoms with van der Waals surface area (Å²) in [7, 11) is 1.84. The lowest BCUT2D eigenvalue weighted by Crippen LogP contribution is -2.43. The first-order chi connectivity index (χ1) is 8.78. The van der Waals surface area contributed by atoms with Crippen LogP contribution in [0.2, 0.25) is 0 Å². The van der Waals surface area contributed by atoms with E-state index < -0.39 is 0 Å². The minimum absolute atomic E-state index is 0.597. The van der Waals surface area contributed by atoms with Gasteiger partial charge < -0.3 is 10.6 Å². The first-order valence-electron chi connectivity index (χ1n) is 6.48. The van der Waals surface area contributed by atoms with Crippen LogP contribution in [-0.2, 0) is 6.54 Å². The molecule has 2 N–H and O–H groups in total. The predicted octanol–water partition coefficient (Wildman–Crippen LogP) is 3.51. The molecule has 0 spiro atoms. The molecule has 0 atom stereocenters. The van der Waals surface area contributed by atoms with Crippen molar-refractivity contribution >= 4 is 33.2 Å². The topological polar surface area (TPSA) is 36.4 Å². The van der Waals surface area contributed by atoms with Gasteiger partial charge in [-0.3, -0.25) is 4.99 Å². The summed E-state index contributed by atoms with van der Waals surface area (Å²) in [6.45, 7) is 0.836. The van der Waals surface area contributed by atoms with Crippen molar-refractivity contribution < 1.29 is 0 Å². The molecule has 18 heavy (non-hydrogen) atoms. The number of thiophene rings is 1. The van der Waals surface area contributed by atoms with Gasteiger partial charge in [0.05, 0.1) is 6.54 Å². The van der Waals surface area contributed by atoms with E-state index in [9.17, 15) is 0 Å². The third-order valence-electron chi connectivity index (χ3n) is 3.22. The quantitative estimate of drug-likeness (QED) is 0.657. The van der Waals surface area contributed by atoms with E-state index in [1.54, 1.807) is 11.3 Å². The molecule has 0 aliphatic heterocycles. The number of aliphatic imine (C=N–C) groups is 1. The molecule has 1 aliphatic carbocycles. The van der Waals surface area contributed by atoms with E-state index in [0.717, 1.165) is 17.0 Å². The highest BCUT2D eigenvalue weighted by molar-refractivity contribution is 9.10. The van der Waals surface area contributed by atoms with Gasteiger partial charge in [-0.05, 0) is 34.8 Å². The zero-order valence-electron chi connectivity index (χ0n) is 10.7. The van der Waals surface area contributed by atoms with E-state index in [4.69, 9.17) is 0 Å².